The Morgan fingerprint density at radius 1 is 1.00 bits per heavy atom. The van der Waals surface area contributed by atoms with Crippen LogP contribution in [0.5, 0.6) is 5.75 Å². The SMILES string of the molecule is CCN(CC)c1ccc2c(c1)OC(C(C)(C)C)=CC2/C=C/C=C/c1cc[n+](CCCO)c2ccccc12.[O-][Cl+3]([O-])([O-])[O-]. The topological polar surface area (TPSA) is 129 Å². The molecule has 0 amide bonds. The second-order valence-electron chi connectivity index (χ2n) is 11.0. The van der Waals surface area contributed by atoms with Crippen LogP contribution in [0.3, 0.4) is 0 Å². The number of aryl methyl sites for hydroxylation is 1. The summed E-state index contributed by atoms with van der Waals surface area (Å²) in [5, 5.41) is 10.5. The van der Waals surface area contributed by atoms with Crippen LogP contribution in [0.4, 0.5) is 5.69 Å². The average Bonchev–Trinajstić information content (AvgIpc) is 2.93. The van der Waals surface area contributed by atoms with Gasteiger partial charge in [0.25, 0.3) is 0 Å². The van der Waals surface area contributed by atoms with E-state index in [4.69, 9.17) is 23.4 Å². The van der Waals surface area contributed by atoms with E-state index in [1.54, 1.807) is 0 Å². The van der Waals surface area contributed by atoms with E-state index in [1.165, 1.54) is 27.7 Å². The van der Waals surface area contributed by atoms with Crippen molar-refractivity contribution in [2.75, 3.05) is 24.6 Å². The molecule has 3 aromatic rings. The first-order valence-electron chi connectivity index (χ1n) is 14.1. The fourth-order valence-corrected chi connectivity index (χ4v) is 4.87. The van der Waals surface area contributed by atoms with Gasteiger partial charge in [-0.2, -0.15) is 4.57 Å². The molecule has 0 fully saturated rings. The number of halogens is 1. The van der Waals surface area contributed by atoms with Crippen molar-refractivity contribution in [3.05, 3.63) is 95.9 Å². The minimum absolute atomic E-state index is 0.0703. The Balaban J connectivity index is 0.000000892. The lowest BCUT2D eigenvalue weighted by Crippen LogP contribution is -2.68. The summed E-state index contributed by atoms with van der Waals surface area (Å²) in [5.74, 6) is 2.12. The van der Waals surface area contributed by atoms with E-state index in [0.717, 1.165) is 37.6 Å². The van der Waals surface area contributed by atoms with Crippen molar-refractivity contribution in [3.63, 3.8) is 0 Å². The number of aliphatic hydroxyl groups excluding tert-OH is 1. The van der Waals surface area contributed by atoms with E-state index in [-0.39, 0.29) is 17.9 Å². The number of anilines is 1. The van der Waals surface area contributed by atoms with Crippen LogP contribution in [-0.2, 0) is 6.54 Å². The lowest BCUT2D eigenvalue weighted by Gasteiger charge is -2.31. The van der Waals surface area contributed by atoms with E-state index in [1.807, 2.05) is 0 Å². The molecule has 1 N–H and O–H groups in total. The second-order valence-corrected chi connectivity index (χ2v) is 11.7. The summed E-state index contributed by atoms with van der Waals surface area (Å²) in [6.45, 7) is 13.9. The van der Waals surface area contributed by atoms with Gasteiger partial charge in [0.1, 0.15) is 11.5 Å². The lowest BCUT2D eigenvalue weighted by molar-refractivity contribution is -2.00. The molecule has 1 unspecified atom stereocenters. The van der Waals surface area contributed by atoms with Crippen LogP contribution in [-0.4, -0.2) is 24.8 Å². The number of hydrogen-bond donors (Lipinski definition) is 1. The summed E-state index contributed by atoms with van der Waals surface area (Å²) in [6, 6.07) is 17.2. The summed E-state index contributed by atoms with van der Waals surface area (Å²) in [4.78, 5) is 2.35. The summed E-state index contributed by atoms with van der Waals surface area (Å²) < 4.78 is 42.6. The van der Waals surface area contributed by atoms with Gasteiger partial charge in [-0.3, -0.25) is 0 Å². The predicted octanol–water partition coefficient (Wildman–Crippen LogP) is 2.28. The molecule has 2 heterocycles. The van der Waals surface area contributed by atoms with E-state index in [9.17, 15) is 5.11 Å². The van der Waals surface area contributed by atoms with Gasteiger partial charge in [0, 0.05) is 66.9 Å². The van der Waals surface area contributed by atoms with Crippen LogP contribution in [0.1, 0.15) is 58.1 Å². The first-order chi connectivity index (χ1) is 19.9. The summed E-state index contributed by atoms with van der Waals surface area (Å²) >= 11 is 0. The minimum Gasteiger partial charge on any atom is -0.461 e. The van der Waals surface area contributed by atoms with Crippen LogP contribution in [0, 0.1) is 15.7 Å². The quantitative estimate of drug-likeness (QED) is 0.296. The molecule has 0 spiro atoms. The molecule has 8 nitrogen and oxygen atoms in total. The van der Waals surface area contributed by atoms with Gasteiger partial charge < -0.3 is 14.7 Å². The van der Waals surface area contributed by atoms with E-state index >= 15 is 0 Å². The molecule has 9 heteroatoms. The van der Waals surface area contributed by atoms with Gasteiger partial charge in [-0.05, 0) is 37.6 Å². The molecule has 0 radical (unpaired) electrons. The fraction of sp³-hybridized carbons (Fsp3) is 0.364. The van der Waals surface area contributed by atoms with Crippen LogP contribution in [0.2, 0.25) is 0 Å². The molecule has 2 aromatic carbocycles. The highest BCUT2D eigenvalue weighted by molar-refractivity contribution is 5.85. The molecule has 1 aliphatic heterocycles. The molecule has 42 heavy (non-hydrogen) atoms. The summed E-state index contributed by atoms with van der Waals surface area (Å²) in [6.07, 6.45) is 13.8. The number of benzene rings is 2. The van der Waals surface area contributed by atoms with Gasteiger partial charge in [-0.1, -0.05) is 63.3 Å². The number of allylic oxidation sites excluding steroid dienone is 5. The van der Waals surface area contributed by atoms with Crippen molar-refractivity contribution in [2.24, 2.45) is 5.41 Å². The zero-order valence-electron chi connectivity index (χ0n) is 25.0. The molecule has 0 bridgehead atoms. The third-order valence-corrected chi connectivity index (χ3v) is 7.00. The van der Waals surface area contributed by atoms with Gasteiger partial charge in [-0.25, -0.2) is 18.6 Å². The number of ether oxygens (including phenoxy) is 1. The number of aliphatic hydroxyl groups is 1. The van der Waals surface area contributed by atoms with Crippen molar-refractivity contribution in [1.29, 1.82) is 0 Å². The number of hydrogen-bond acceptors (Lipinski definition) is 7. The van der Waals surface area contributed by atoms with Crippen LogP contribution in [0.25, 0.3) is 17.0 Å². The number of para-hydroxylation sites is 1. The minimum atomic E-state index is -4.94. The summed E-state index contributed by atoms with van der Waals surface area (Å²) in [7, 11) is -4.94. The maximum Gasteiger partial charge on any atom is 0.213 e. The third-order valence-electron chi connectivity index (χ3n) is 7.00. The highest BCUT2D eigenvalue weighted by Gasteiger charge is 2.28. The summed E-state index contributed by atoms with van der Waals surface area (Å²) in [5.41, 5.74) is 4.70. The van der Waals surface area contributed by atoms with Crippen LogP contribution >= 0.6 is 0 Å². The molecule has 0 saturated heterocycles. The van der Waals surface area contributed by atoms with Crippen LogP contribution < -0.4 is 32.8 Å². The molecule has 226 valence electrons. The number of nitrogens with zero attached hydrogens (tertiary/aromatic N) is 2. The molecule has 0 saturated carbocycles. The fourth-order valence-electron chi connectivity index (χ4n) is 4.87. The van der Waals surface area contributed by atoms with Crippen molar-refractivity contribution < 1.29 is 43.3 Å². The highest BCUT2D eigenvalue weighted by atomic mass is 35.7. The third kappa shape index (κ3) is 9.39. The Labute approximate surface area is 250 Å². The van der Waals surface area contributed by atoms with Crippen molar-refractivity contribution in [2.45, 2.75) is 53.5 Å². The van der Waals surface area contributed by atoms with Gasteiger partial charge in [0.15, 0.2) is 12.7 Å². The number of aromatic nitrogens is 1. The number of fused-ring (bicyclic) bond motifs is 2. The smallest absolute Gasteiger partial charge is 0.213 e. The van der Waals surface area contributed by atoms with E-state index in [0.29, 0.717) is 0 Å². The Kier molecular flexibility index (Phi) is 11.7. The highest BCUT2D eigenvalue weighted by Crippen LogP contribution is 2.42. The van der Waals surface area contributed by atoms with E-state index in [2.05, 4.69) is 129 Å². The normalized spacial score (nSPS) is 15.3. The van der Waals surface area contributed by atoms with Crippen molar-refractivity contribution in [3.8, 4) is 5.75 Å². The lowest BCUT2D eigenvalue weighted by atomic mass is 9.86. The second kappa shape index (κ2) is 14.8. The predicted molar refractivity (Wildman–Crippen MR) is 155 cm³/mol. The average molecular weight is 597 g/mol. The first-order valence-corrected chi connectivity index (χ1v) is 15.4. The maximum atomic E-state index is 9.24. The van der Waals surface area contributed by atoms with Gasteiger partial charge >= 0.3 is 0 Å². The standard InChI is InChI=1S/C33H41N2O2.ClHO4/c1-6-34(7-2)27-17-18-29-26(23-32(33(3,4)5)37-31(29)24-27)14-9-8-13-25-19-21-35(20-12-22-36)30-16-11-10-15-28(25)30;2-1(3,4)5/h8-11,13-19,21,23-24,26,36H,6-7,12,20,22H2,1-5H3;(H,2,3,4,5)/q+1;/p-1/b13-8+,14-9+;. The van der Waals surface area contributed by atoms with Gasteiger partial charge in [0.05, 0.1) is 5.39 Å². The monoisotopic (exact) mass is 596 g/mol. The Morgan fingerprint density at radius 3 is 2.33 bits per heavy atom. The molecule has 1 aliphatic rings. The zero-order chi connectivity index (χ0) is 30.9. The molecular formula is C33H41ClN2O6. The Morgan fingerprint density at radius 2 is 1.69 bits per heavy atom. The Hall–Kier alpha value is -3.24. The molecule has 4 rings (SSSR count). The van der Waals surface area contributed by atoms with E-state index < -0.39 is 10.2 Å². The van der Waals surface area contributed by atoms with Gasteiger partial charge in [0.2, 0.25) is 5.52 Å². The van der Waals surface area contributed by atoms with Crippen LogP contribution in [0.15, 0.2) is 84.8 Å². The molecule has 1 atom stereocenters. The first kappa shape index (κ1) is 33.3. The molecule has 0 aliphatic carbocycles. The van der Waals surface area contributed by atoms with Crippen molar-refractivity contribution in [1.82, 2.24) is 0 Å². The number of rotatable bonds is 9. The maximum absolute atomic E-state index is 9.24. The zero-order valence-corrected chi connectivity index (χ0v) is 25.7. The Bertz CT molecular complexity index is 1410. The van der Waals surface area contributed by atoms with Gasteiger partial charge in [-0.15, -0.1) is 10.2 Å². The number of pyridine rings is 1. The van der Waals surface area contributed by atoms with Crippen molar-refractivity contribution >= 4 is 22.7 Å². The molecule has 1 aromatic heterocycles. The largest absolute Gasteiger partial charge is 0.461 e. The molecular weight excluding hydrogens is 556 g/mol.